The fraction of sp³-hybridized carbons (Fsp3) is 0.429. The van der Waals surface area contributed by atoms with Crippen molar-refractivity contribution in [1.29, 1.82) is 0 Å². The fourth-order valence-corrected chi connectivity index (χ4v) is 1.98. The van der Waals surface area contributed by atoms with Gasteiger partial charge in [0.2, 0.25) is 0 Å². The third-order valence-corrected chi connectivity index (χ3v) is 3.31. The Hall–Kier alpha value is -1.26. The van der Waals surface area contributed by atoms with Crippen LogP contribution in [0.4, 0.5) is 0 Å². The van der Waals surface area contributed by atoms with Crippen LogP contribution in [-0.2, 0) is 6.42 Å². The number of nitrogens with zero attached hydrogens (tertiary/aromatic N) is 1. The molecule has 1 aromatic carbocycles. The van der Waals surface area contributed by atoms with E-state index < -0.39 is 6.61 Å². The molecule has 4 heteroatoms. The van der Waals surface area contributed by atoms with Gasteiger partial charge in [0.25, 0.3) is 0 Å². The second-order valence-corrected chi connectivity index (χ2v) is 4.79. The lowest BCUT2D eigenvalue weighted by atomic mass is 9.98. The molecule has 3 nitrogen and oxygen atoms in total. The average molecular weight is 265 g/mol. The highest BCUT2D eigenvalue weighted by Gasteiger charge is 2.12. The molecular formula is C14H19NO2S. The van der Waals surface area contributed by atoms with Crippen LogP contribution in [0.5, 0.6) is 0 Å². The van der Waals surface area contributed by atoms with Crippen molar-refractivity contribution in [3.8, 4) is 0 Å². The summed E-state index contributed by atoms with van der Waals surface area (Å²) in [5.74, 6) is -0.255. The largest absolute Gasteiger partial charge is 0.388 e. The Morgan fingerprint density at radius 2 is 2.06 bits per heavy atom. The van der Waals surface area contributed by atoms with E-state index in [0.29, 0.717) is 5.56 Å². The van der Waals surface area contributed by atoms with Crippen LogP contribution >= 0.6 is 12.2 Å². The van der Waals surface area contributed by atoms with Crippen molar-refractivity contribution < 1.29 is 9.90 Å². The molecule has 18 heavy (non-hydrogen) atoms. The Morgan fingerprint density at radius 1 is 1.39 bits per heavy atom. The molecule has 0 atom stereocenters. The monoisotopic (exact) mass is 265 g/mol. The van der Waals surface area contributed by atoms with Gasteiger partial charge in [0.05, 0.1) is 0 Å². The smallest absolute Gasteiger partial charge is 0.188 e. The third kappa shape index (κ3) is 3.37. The highest BCUT2D eigenvalue weighted by Crippen LogP contribution is 2.17. The molecule has 0 amide bonds. The molecular weight excluding hydrogens is 246 g/mol. The lowest BCUT2D eigenvalue weighted by Gasteiger charge is -2.17. The number of ketones is 1. The summed E-state index contributed by atoms with van der Waals surface area (Å²) in [7, 11) is 3.82. The molecule has 0 radical (unpaired) electrons. The number of hydrogen-bond donors (Lipinski definition) is 1. The normalized spacial score (nSPS) is 10.2. The zero-order valence-corrected chi connectivity index (χ0v) is 11.9. The van der Waals surface area contributed by atoms with E-state index in [9.17, 15) is 4.79 Å². The molecule has 0 aliphatic heterocycles. The molecule has 1 rings (SSSR count). The molecule has 0 aliphatic carbocycles. The van der Waals surface area contributed by atoms with Crippen molar-refractivity contribution in [3.63, 3.8) is 0 Å². The van der Waals surface area contributed by atoms with Crippen LogP contribution in [0.25, 0.3) is 0 Å². The number of Topliss-reactive ketones (excluding diaryl/α,β-unsaturated/α-hetero) is 1. The summed E-state index contributed by atoms with van der Waals surface area (Å²) in [5, 5.41) is 8.89. The Labute approximate surface area is 113 Å². The number of hydrogen-bond acceptors (Lipinski definition) is 3. The van der Waals surface area contributed by atoms with Gasteiger partial charge in [0.1, 0.15) is 11.6 Å². The summed E-state index contributed by atoms with van der Waals surface area (Å²) in [5.41, 5.74) is 2.60. The van der Waals surface area contributed by atoms with Gasteiger partial charge in [-0.25, -0.2) is 0 Å². The van der Waals surface area contributed by atoms with Crippen molar-refractivity contribution >= 4 is 23.0 Å². The number of aliphatic hydroxyl groups is 1. The number of benzene rings is 1. The molecule has 0 aliphatic rings. The molecule has 0 heterocycles. The summed E-state index contributed by atoms with van der Waals surface area (Å²) in [6.45, 7) is 1.63. The topological polar surface area (TPSA) is 40.5 Å². The highest BCUT2D eigenvalue weighted by molar-refractivity contribution is 7.80. The van der Waals surface area contributed by atoms with Gasteiger partial charge in [0, 0.05) is 25.2 Å². The van der Waals surface area contributed by atoms with Crippen LogP contribution in [0, 0.1) is 0 Å². The first-order valence-corrected chi connectivity index (χ1v) is 6.40. The van der Waals surface area contributed by atoms with Gasteiger partial charge < -0.3 is 10.0 Å². The quantitative estimate of drug-likeness (QED) is 0.653. The minimum Gasteiger partial charge on any atom is -0.388 e. The zero-order chi connectivity index (χ0) is 13.7. The van der Waals surface area contributed by atoms with Crippen LogP contribution in [0.15, 0.2) is 18.2 Å². The minimum atomic E-state index is -0.455. The SMILES string of the molecule is CCCc1cc(C(=O)CO)ccc1C(=S)N(C)C. The first kappa shape index (κ1) is 14.8. The van der Waals surface area contributed by atoms with Gasteiger partial charge in [-0.2, -0.15) is 0 Å². The Morgan fingerprint density at radius 3 is 2.56 bits per heavy atom. The van der Waals surface area contributed by atoms with Crippen molar-refractivity contribution in [3.05, 3.63) is 34.9 Å². The van der Waals surface area contributed by atoms with Crippen molar-refractivity contribution in [1.82, 2.24) is 4.90 Å². The van der Waals surface area contributed by atoms with Crippen molar-refractivity contribution in [2.75, 3.05) is 20.7 Å². The number of rotatable bonds is 5. The van der Waals surface area contributed by atoms with E-state index in [1.54, 1.807) is 6.07 Å². The summed E-state index contributed by atoms with van der Waals surface area (Å²) < 4.78 is 0. The molecule has 1 N–H and O–H groups in total. The first-order valence-electron chi connectivity index (χ1n) is 5.99. The molecule has 0 spiro atoms. The minimum absolute atomic E-state index is 0.255. The molecule has 98 valence electrons. The van der Waals surface area contributed by atoms with Gasteiger partial charge in [-0.1, -0.05) is 37.7 Å². The maximum atomic E-state index is 11.5. The number of aryl methyl sites for hydroxylation is 1. The van der Waals surface area contributed by atoms with Crippen molar-refractivity contribution in [2.45, 2.75) is 19.8 Å². The van der Waals surface area contributed by atoms with Gasteiger partial charge in [-0.3, -0.25) is 4.79 Å². The first-order chi connectivity index (χ1) is 8.51. The van der Waals surface area contributed by atoms with E-state index in [1.807, 2.05) is 31.1 Å². The van der Waals surface area contributed by atoms with E-state index in [-0.39, 0.29) is 5.78 Å². The summed E-state index contributed by atoms with van der Waals surface area (Å²) in [6.07, 6.45) is 1.86. The predicted octanol–water partition coefficient (Wildman–Crippen LogP) is 2.05. The highest BCUT2D eigenvalue weighted by atomic mass is 32.1. The maximum Gasteiger partial charge on any atom is 0.188 e. The Balaban J connectivity index is 3.20. The second kappa shape index (κ2) is 6.61. The molecule has 0 fully saturated rings. The number of thiocarbonyl (C=S) groups is 1. The second-order valence-electron chi connectivity index (χ2n) is 4.40. The predicted molar refractivity (Wildman–Crippen MR) is 77.2 cm³/mol. The standard InChI is InChI=1S/C14H19NO2S/c1-4-5-10-8-11(13(17)9-16)6-7-12(10)14(18)15(2)3/h6-8,16H,4-5,9H2,1-3H3. The van der Waals surface area contributed by atoms with Gasteiger partial charge in [-0.05, 0) is 18.1 Å². The average Bonchev–Trinajstić information content (AvgIpc) is 2.37. The maximum absolute atomic E-state index is 11.5. The van der Waals surface area contributed by atoms with Crippen LogP contribution in [-0.4, -0.2) is 41.5 Å². The molecule has 0 aromatic heterocycles. The summed E-state index contributed by atoms with van der Waals surface area (Å²) in [6, 6.07) is 5.44. The summed E-state index contributed by atoms with van der Waals surface area (Å²) >= 11 is 5.38. The fourth-order valence-electron chi connectivity index (χ4n) is 1.78. The molecule has 1 aromatic rings. The van der Waals surface area contributed by atoms with E-state index in [0.717, 1.165) is 29.0 Å². The van der Waals surface area contributed by atoms with Crippen LogP contribution in [0.1, 0.15) is 34.8 Å². The van der Waals surface area contributed by atoms with E-state index in [2.05, 4.69) is 6.92 Å². The number of carbonyl (C=O) groups excluding carboxylic acids is 1. The van der Waals surface area contributed by atoms with Gasteiger partial charge >= 0.3 is 0 Å². The Kier molecular flexibility index (Phi) is 5.44. The zero-order valence-electron chi connectivity index (χ0n) is 11.1. The summed E-state index contributed by atoms with van der Waals surface area (Å²) in [4.78, 5) is 14.1. The van der Waals surface area contributed by atoms with Crippen LogP contribution in [0.3, 0.4) is 0 Å². The molecule has 0 saturated heterocycles. The lowest BCUT2D eigenvalue weighted by Crippen LogP contribution is -2.22. The van der Waals surface area contributed by atoms with Crippen LogP contribution in [0.2, 0.25) is 0 Å². The third-order valence-electron chi connectivity index (χ3n) is 2.73. The lowest BCUT2D eigenvalue weighted by molar-refractivity contribution is 0.0903. The molecule has 0 bridgehead atoms. The van der Waals surface area contributed by atoms with E-state index >= 15 is 0 Å². The van der Waals surface area contributed by atoms with Gasteiger partial charge in [-0.15, -0.1) is 0 Å². The van der Waals surface area contributed by atoms with Crippen LogP contribution < -0.4 is 0 Å². The van der Waals surface area contributed by atoms with E-state index in [4.69, 9.17) is 17.3 Å². The Bertz CT molecular complexity index is 455. The molecule has 0 saturated carbocycles. The van der Waals surface area contributed by atoms with Crippen molar-refractivity contribution in [2.24, 2.45) is 0 Å². The van der Waals surface area contributed by atoms with Gasteiger partial charge in [0.15, 0.2) is 5.78 Å². The number of carbonyl (C=O) groups is 1. The number of aliphatic hydroxyl groups excluding tert-OH is 1. The molecule has 0 unspecified atom stereocenters. The van der Waals surface area contributed by atoms with E-state index in [1.165, 1.54) is 0 Å².